The van der Waals surface area contributed by atoms with Gasteiger partial charge in [-0.15, -0.1) is 0 Å². The van der Waals surface area contributed by atoms with Crippen LogP contribution in [-0.4, -0.2) is 37.8 Å². The first kappa shape index (κ1) is 21.9. The van der Waals surface area contributed by atoms with Gasteiger partial charge in [-0.05, 0) is 61.0 Å². The van der Waals surface area contributed by atoms with Crippen LogP contribution in [0.5, 0.6) is 0 Å². The van der Waals surface area contributed by atoms with E-state index in [0.29, 0.717) is 22.9 Å². The fourth-order valence-corrected chi connectivity index (χ4v) is 3.26. The summed E-state index contributed by atoms with van der Waals surface area (Å²) in [6, 6.07) is 16.5. The lowest BCUT2D eigenvalue weighted by Crippen LogP contribution is -2.24. The highest BCUT2D eigenvalue weighted by Crippen LogP contribution is 2.26. The maximum Gasteiger partial charge on any atom is 0.341 e. The second-order valence-corrected chi connectivity index (χ2v) is 7.22. The van der Waals surface area contributed by atoms with Crippen LogP contribution in [0.15, 0.2) is 65.3 Å². The fraction of sp³-hybridized carbons (Fsp3) is 0.261. The van der Waals surface area contributed by atoms with Gasteiger partial charge in [-0.3, -0.25) is 0 Å². The smallest absolute Gasteiger partial charge is 0.341 e. The highest BCUT2D eigenvalue weighted by atomic mass is 35.5. The molecule has 0 amide bonds. The van der Waals surface area contributed by atoms with E-state index in [9.17, 15) is 9.90 Å². The van der Waals surface area contributed by atoms with Crippen LogP contribution in [0.1, 0.15) is 28.4 Å². The van der Waals surface area contributed by atoms with Gasteiger partial charge >= 0.3 is 5.97 Å². The van der Waals surface area contributed by atoms with Gasteiger partial charge in [0.25, 0.3) is 0 Å². The maximum absolute atomic E-state index is 11.8. The van der Waals surface area contributed by atoms with E-state index in [1.165, 1.54) is 13.4 Å². The molecule has 3 rings (SSSR count). The number of aliphatic hydroxyl groups is 1. The number of carbonyl (C=O) groups is 1. The molecule has 0 saturated heterocycles. The van der Waals surface area contributed by atoms with E-state index in [1.807, 2.05) is 36.4 Å². The fourth-order valence-electron chi connectivity index (χ4n) is 3.06. The summed E-state index contributed by atoms with van der Waals surface area (Å²) in [6.45, 7) is 2.03. The van der Waals surface area contributed by atoms with Crippen molar-refractivity contribution < 1.29 is 19.1 Å². The normalized spacial score (nSPS) is 11.8. The van der Waals surface area contributed by atoms with Crippen molar-refractivity contribution >= 4 is 23.3 Å². The van der Waals surface area contributed by atoms with E-state index in [1.54, 1.807) is 18.2 Å². The lowest BCUT2D eigenvalue weighted by molar-refractivity contribution is 0.0601. The standard InChI is InChI=1S/C23H25ClN2O4/c1-29-23(28)20-10-13-30-22(20)16-6-8-19(9-7-16)26-12-3-11-25-15-21(27)17-4-2-5-18(24)14-17/h2,4-10,13-14,21,25-27H,3,11-12,15H2,1H3/t21-/m1/s1. The molecule has 30 heavy (non-hydrogen) atoms. The summed E-state index contributed by atoms with van der Waals surface area (Å²) < 4.78 is 10.2. The first-order chi connectivity index (χ1) is 14.6. The van der Waals surface area contributed by atoms with Gasteiger partial charge in [0.2, 0.25) is 0 Å². The van der Waals surface area contributed by atoms with Gasteiger partial charge in [0.1, 0.15) is 11.3 Å². The molecule has 0 saturated carbocycles. The van der Waals surface area contributed by atoms with Crippen LogP contribution in [0.4, 0.5) is 5.69 Å². The summed E-state index contributed by atoms with van der Waals surface area (Å²) in [5.74, 6) is 0.0739. The molecule has 0 radical (unpaired) electrons. The van der Waals surface area contributed by atoms with Gasteiger partial charge in [-0.2, -0.15) is 0 Å². The van der Waals surface area contributed by atoms with E-state index in [2.05, 4.69) is 10.6 Å². The van der Waals surface area contributed by atoms with Crippen molar-refractivity contribution in [2.45, 2.75) is 12.5 Å². The molecule has 1 aromatic heterocycles. The average Bonchev–Trinajstić information content (AvgIpc) is 3.26. The lowest BCUT2D eigenvalue weighted by Gasteiger charge is -2.13. The highest BCUT2D eigenvalue weighted by molar-refractivity contribution is 6.30. The Kier molecular flexibility index (Phi) is 7.90. The van der Waals surface area contributed by atoms with E-state index in [-0.39, 0.29) is 0 Å². The molecule has 0 bridgehead atoms. The molecule has 2 aromatic carbocycles. The summed E-state index contributed by atoms with van der Waals surface area (Å²) in [4.78, 5) is 11.8. The topological polar surface area (TPSA) is 83.7 Å². The van der Waals surface area contributed by atoms with Crippen molar-refractivity contribution in [2.75, 3.05) is 32.1 Å². The molecule has 3 aromatic rings. The highest BCUT2D eigenvalue weighted by Gasteiger charge is 2.16. The monoisotopic (exact) mass is 428 g/mol. The Morgan fingerprint density at radius 3 is 2.70 bits per heavy atom. The molecule has 0 aliphatic rings. The first-order valence-corrected chi connectivity index (χ1v) is 10.1. The second-order valence-electron chi connectivity index (χ2n) is 6.79. The molecule has 1 atom stereocenters. The molecule has 0 aliphatic heterocycles. The third kappa shape index (κ3) is 5.86. The van der Waals surface area contributed by atoms with Gasteiger partial charge < -0.3 is 24.9 Å². The van der Waals surface area contributed by atoms with Gasteiger partial charge in [0.05, 0.1) is 19.5 Å². The predicted molar refractivity (Wildman–Crippen MR) is 118 cm³/mol. The number of methoxy groups -OCH3 is 1. The zero-order valence-electron chi connectivity index (χ0n) is 16.7. The molecule has 6 nitrogen and oxygen atoms in total. The van der Waals surface area contributed by atoms with Crippen LogP contribution in [0.3, 0.4) is 0 Å². The lowest BCUT2D eigenvalue weighted by atomic mass is 10.1. The number of carbonyl (C=O) groups excluding carboxylic acids is 1. The van der Waals surface area contributed by atoms with Gasteiger partial charge in [0.15, 0.2) is 0 Å². The van der Waals surface area contributed by atoms with Crippen LogP contribution < -0.4 is 10.6 Å². The Bertz CT molecular complexity index is 956. The van der Waals surface area contributed by atoms with Crippen molar-refractivity contribution in [1.29, 1.82) is 0 Å². The number of furan rings is 1. The van der Waals surface area contributed by atoms with E-state index in [0.717, 1.165) is 36.3 Å². The van der Waals surface area contributed by atoms with Crippen molar-refractivity contribution in [1.82, 2.24) is 5.32 Å². The number of hydrogen-bond acceptors (Lipinski definition) is 6. The third-order valence-electron chi connectivity index (χ3n) is 4.65. The second kappa shape index (κ2) is 10.8. The molecular weight excluding hydrogens is 404 g/mol. The zero-order valence-corrected chi connectivity index (χ0v) is 17.5. The largest absolute Gasteiger partial charge is 0.465 e. The van der Waals surface area contributed by atoms with Crippen molar-refractivity contribution in [3.63, 3.8) is 0 Å². The van der Waals surface area contributed by atoms with Gasteiger partial charge in [-0.25, -0.2) is 4.79 Å². The van der Waals surface area contributed by atoms with Crippen LogP contribution in [0, 0.1) is 0 Å². The Morgan fingerprint density at radius 1 is 1.17 bits per heavy atom. The van der Waals surface area contributed by atoms with Crippen molar-refractivity contribution in [2.24, 2.45) is 0 Å². The molecule has 0 aliphatic carbocycles. The van der Waals surface area contributed by atoms with Crippen LogP contribution in [0.25, 0.3) is 11.3 Å². The van der Waals surface area contributed by atoms with Crippen LogP contribution in [-0.2, 0) is 4.74 Å². The number of anilines is 1. The molecule has 0 unspecified atom stereocenters. The van der Waals surface area contributed by atoms with Crippen LogP contribution >= 0.6 is 11.6 Å². The van der Waals surface area contributed by atoms with Gasteiger partial charge in [0, 0.05) is 29.4 Å². The molecular formula is C23H25ClN2O4. The first-order valence-electron chi connectivity index (χ1n) is 9.73. The van der Waals surface area contributed by atoms with E-state index in [4.69, 9.17) is 20.8 Å². The Hall–Kier alpha value is -2.80. The number of esters is 1. The van der Waals surface area contributed by atoms with Gasteiger partial charge in [-0.1, -0.05) is 23.7 Å². The number of nitrogens with one attached hydrogen (secondary N) is 2. The molecule has 7 heteroatoms. The number of benzene rings is 2. The van der Waals surface area contributed by atoms with E-state index < -0.39 is 12.1 Å². The molecule has 158 valence electrons. The summed E-state index contributed by atoms with van der Waals surface area (Å²) in [5.41, 5.74) is 3.00. The minimum absolute atomic E-state index is 0.407. The third-order valence-corrected chi connectivity index (χ3v) is 4.88. The minimum Gasteiger partial charge on any atom is -0.465 e. The number of aliphatic hydroxyl groups excluding tert-OH is 1. The predicted octanol–water partition coefficient (Wildman–Crippen LogP) is 4.51. The SMILES string of the molecule is COC(=O)c1ccoc1-c1ccc(NCCCNC[C@@H](O)c2cccc(Cl)c2)cc1. The summed E-state index contributed by atoms with van der Waals surface area (Å²) >= 11 is 5.95. The van der Waals surface area contributed by atoms with Crippen molar-refractivity contribution in [3.05, 3.63) is 77.0 Å². The molecule has 1 heterocycles. The van der Waals surface area contributed by atoms with E-state index >= 15 is 0 Å². The quantitative estimate of drug-likeness (QED) is 0.325. The zero-order chi connectivity index (χ0) is 21.3. The summed E-state index contributed by atoms with van der Waals surface area (Å²) in [6.07, 6.45) is 1.79. The Balaban J connectivity index is 1.40. The molecule has 0 fully saturated rings. The number of halogens is 1. The summed E-state index contributed by atoms with van der Waals surface area (Å²) in [5, 5.41) is 17.4. The molecule has 3 N–H and O–H groups in total. The Labute approximate surface area is 180 Å². The minimum atomic E-state index is -0.583. The summed E-state index contributed by atoms with van der Waals surface area (Å²) in [7, 11) is 1.35. The maximum atomic E-state index is 11.8. The average molecular weight is 429 g/mol. The van der Waals surface area contributed by atoms with Crippen LogP contribution in [0.2, 0.25) is 5.02 Å². The molecule has 0 spiro atoms. The Morgan fingerprint density at radius 2 is 1.97 bits per heavy atom. The number of rotatable bonds is 10. The number of ether oxygens (including phenoxy) is 1. The van der Waals surface area contributed by atoms with Crippen molar-refractivity contribution in [3.8, 4) is 11.3 Å². The number of hydrogen-bond donors (Lipinski definition) is 3.